The van der Waals surface area contributed by atoms with Crippen molar-refractivity contribution in [2.75, 3.05) is 6.61 Å². The Labute approximate surface area is 169 Å². The van der Waals surface area contributed by atoms with Crippen molar-refractivity contribution in [2.45, 2.75) is 43.8 Å². The number of nitrogens with zero attached hydrogens (tertiary/aromatic N) is 3. The standard InChI is InChI=1S/C19H20F3N3O5/c1-3-4-14-18(27)17(19(28)15(30-14)8-29-9(2)26)25-7-13(23-24-25)10-5-11(20)16(22)12(21)6-10/h3,5-7,14-15,17-19,27-28H,1,4,8H2,2H3/t14-,15+,17+,18-,19-/m0/s1. The first-order valence-corrected chi connectivity index (χ1v) is 9.05. The third-order valence-electron chi connectivity index (χ3n) is 4.76. The summed E-state index contributed by atoms with van der Waals surface area (Å²) in [6, 6.07) is 0.446. The van der Waals surface area contributed by atoms with E-state index < -0.39 is 53.9 Å². The van der Waals surface area contributed by atoms with Crippen molar-refractivity contribution in [1.82, 2.24) is 15.0 Å². The predicted molar refractivity (Wildman–Crippen MR) is 96.5 cm³/mol. The molecule has 5 atom stereocenters. The van der Waals surface area contributed by atoms with Gasteiger partial charge in [0.2, 0.25) is 0 Å². The van der Waals surface area contributed by atoms with Gasteiger partial charge in [-0.2, -0.15) is 0 Å². The molecule has 1 aromatic heterocycles. The average molecular weight is 427 g/mol. The first-order valence-electron chi connectivity index (χ1n) is 9.05. The van der Waals surface area contributed by atoms with Crippen LogP contribution in [0.15, 0.2) is 31.0 Å². The number of aliphatic hydroxyl groups excluding tert-OH is 2. The first-order chi connectivity index (χ1) is 14.2. The first kappa shape index (κ1) is 21.9. The third kappa shape index (κ3) is 4.37. The largest absolute Gasteiger partial charge is 0.463 e. The van der Waals surface area contributed by atoms with Gasteiger partial charge < -0.3 is 19.7 Å². The number of hydrogen-bond acceptors (Lipinski definition) is 7. The van der Waals surface area contributed by atoms with Gasteiger partial charge in [0.15, 0.2) is 17.5 Å². The fourth-order valence-corrected chi connectivity index (χ4v) is 3.30. The van der Waals surface area contributed by atoms with Crippen molar-refractivity contribution in [2.24, 2.45) is 0 Å². The van der Waals surface area contributed by atoms with Crippen LogP contribution in [0.5, 0.6) is 0 Å². The molecular weight excluding hydrogens is 407 g/mol. The molecule has 2 aromatic rings. The summed E-state index contributed by atoms with van der Waals surface area (Å²) in [6.07, 6.45) is -1.35. The van der Waals surface area contributed by atoms with Crippen LogP contribution in [-0.2, 0) is 14.3 Å². The number of rotatable bonds is 6. The molecule has 2 heterocycles. The molecule has 1 saturated heterocycles. The summed E-state index contributed by atoms with van der Waals surface area (Å²) in [7, 11) is 0. The number of benzene rings is 1. The number of carbonyl (C=O) groups is 1. The highest BCUT2D eigenvalue weighted by Crippen LogP contribution is 2.32. The average Bonchev–Trinajstić information content (AvgIpc) is 3.16. The fraction of sp³-hybridized carbons (Fsp3) is 0.421. The lowest BCUT2D eigenvalue weighted by molar-refractivity contribution is -0.209. The van der Waals surface area contributed by atoms with Gasteiger partial charge in [-0.05, 0) is 18.6 Å². The number of halogens is 3. The number of aromatic nitrogens is 3. The van der Waals surface area contributed by atoms with Crippen LogP contribution >= 0.6 is 0 Å². The molecule has 1 aliphatic heterocycles. The summed E-state index contributed by atoms with van der Waals surface area (Å²) in [5.41, 5.74) is -0.0803. The van der Waals surface area contributed by atoms with Crippen molar-refractivity contribution in [3.05, 3.63) is 48.4 Å². The van der Waals surface area contributed by atoms with E-state index in [1.54, 1.807) is 0 Å². The third-order valence-corrected chi connectivity index (χ3v) is 4.76. The van der Waals surface area contributed by atoms with Crippen molar-refractivity contribution in [3.63, 3.8) is 0 Å². The van der Waals surface area contributed by atoms with Gasteiger partial charge in [0, 0.05) is 12.5 Å². The maximum Gasteiger partial charge on any atom is 0.302 e. The van der Waals surface area contributed by atoms with E-state index in [0.29, 0.717) is 0 Å². The monoisotopic (exact) mass is 427 g/mol. The lowest BCUT2D eigenvalue weighted by atomic mass is 9.91. The quantitative estimate of drug-likeness (QED) is 0.409. The molecule has 8 nitrogen and oxygen atoms in total. The Hall–Kier alpha value is -2.76. The maximum absolute atomic E-state index is 13.5. The minimum Gasteiger partial charge on any atom is -0.463 e. The topological polar surface area (TPSA) is 107 Å². The molecule has 1 fully saturated rings. The Morgan fingerprint density at radius 2 is 1.90 bits per heavy atom. The van der Waals surface area contributed by atoms with Crippen LogP contribution in [-0.4, -0.2) is 62.2 Å². The smallest absolute Gasteiger partial charge is 0.302 e. The fourth-order valence-electron chi connectivity index (χ4n) is 3.30. The Morgan fingerprint density at radius 1 is 1.27 bits per heavy atom. The number of ether oxygens (including phenoxy) is 2. The molecule has 2 N–H and O–H groups in total. The van der Waals surface area contributed by atoms with E-state index in [1.165, 1.54) is 19.2 Å². The van der Waals surface area contributed by atoms with Gasteiger partial charge in [0.05, 0.1) is 12.3 Å². The summed E-state index contributed by atoms with van der Waals surface area (Å²) in [6.45, 7) is 4.54. The lowest BCUT2D eigenvalue weighted by Crippen LogP contribution is -2.56. The van der Waals surface area contributed by atoms with Crippen molar-refractivity contribution >= 4 is 5.97 Å². The van der Waals surface area contributed by atoms with E-state index in [1.807, 2.05) is 0 Å². The van der Waals surface area contributed by atoms with Crippen molar-refractivity contribution in [1.29, 1.82) is 0 Å². The molecule has 0 aliphatic carbocycles. The van der Waals surface area contributed by atoms with E-state index in [2.05, 4.69) is 16.9 Å². The highest BCUT2D eigenvalue weighted by Gasteiger charge is 2.46. The van der Waals surface area contributed by atoms with Gasteiger partial charge in [-0.3, -0.25) is 4.79 Å². The number of carbonyl (C=O) groups excluding carboxylic acids is 1. The second-order valence-corrected chi connectivity index (χ2v) is 6.85. The second kappa shape index (κ2) is 8.94. The van der Waals surface area contributed by atoms with E-state index in [0.717, 1.165) is 16.8 Å². The predicted octanol–water partition coefficient (Wildman–Crippen LogP) is 1.53. The zero-order chi connectivity index (χ0) is 22.0. The minimum atomic E-state index is -1.61. The Morgan fingerprint density at radius 3 is 2.50 bits per heavy atom. The van der Waals surface area contributed by atoms with Gasteiger partial charge in [0.25, 0.3) is 0 Å². The van der Waals surface area contributed by atoms with Crippen LogP contribution in [0.1, 0.15) is 19.4 Å². The van der Waals surface area contributed by atoms with E-state index in [-0.39, 0.29) is 24.3 Å². The number of aliphatic hydroxyl groups is 2. The Bertz CT molecular complexity index is 915. The molecule has 162 valence electrons. The normalized spacial score (nSPS) is 26.4. The van der Waals surface area contributed by atoms with Crippen molar-refractivity contribution < 1.29 is 37.7 Å². The van der Waals surface area contributed by atoms with Gasteiger partial charge >= 0.3 is 5.97 Å². The van der Waals surface area contributed by atoms with Crippen LogP contribution in [0, 0.1) is 17.5 Å². The van der Waals surface area contributed by atoms with Gasteiger partial charge in [-0.25, -0.2) is 17.9 Å². The molecule has 1 aliphatic rings. The number of hydrogen-bond donors (Lipinski definition) is 2. The van der Waals surface area contributed by atoms with Crippen LogP contribution in [0.25, 0.3) is 11.3 Å². The Balaban J connectivity index is 1.92. The molecule has 0 saturated carbocycles. The van der Waals surface area contributed by atoms with Gasteiger partial charge in [-0.15, -0.1) is 11.7 Å². The second-order valence-electron chi connectivity index (χ2n) is 6.85. The molecule has 0 radical (unpaired) electrons. The zero-order valence-corrected chi connectivity index (χ0v) is 15.9. The molecule has 1 aromatic carbocycles. The molecule has 0 spiro atoms. The van der Waals surface area contributed by atoms with E-state index >= 15 is 0 Å². The van der Waals surface area contributed by atoms with Gasteiger partial charge in [-0.1, -0.05) is 11.3 Å². The molecular formula is C19H20F3N3O5. The maximum atomic E-state index is 13.5. The summed E-state index contributed by atoms with van der Waals surface area (Å²) in [4.78, 5) is 11.1. The van der Waals surface area contributed by atoms with E-state index in [9.17, 15) is 28.2 Å². The number of esters is 1. The lowest BCUT2D eigenvalue weighted by Gasteiger charge is -2.42. The zero-order valence-electron chi connectivity index (χ0n) is 15.9. The van der Waals surface area contributed by atoms with Crippen LogP contribution in [0.3, 0.4) is 0 Å². The van der Waals surface area contributed by atoms with Crippen LogP contribution < -0.4 is 0 Å². The summed E-state index contributed by atoms with van der Waals surface area (Å²) < 4.78 is 51.9. The summed E-state index contributed by atoms with van der Waals surface area (Å²) in [5.74, 6) is -4.96. The van der Waals surface area contributed by atoms with Crippen LogP contribution in [0.2, 0.25) is 0 Å². The highest BCUT2D eigenvalue weighted by molar-refractivity contribution is 5.65. The van der Waals surface area contributed by atoms with Crippen molar-refractivity contribution in [3.8, 4) is 11.3 Å². The SMILES string of the molecule is C=CC[C@@H]1O[C@H](COC(C)=O)[C@H](O)[C@H](n2cc(-c3cc(F)c(F)c(F)c3)nn2)[C@H]1O. The summed E-state index contributed by atoms with van der Waals surface area (Å²) in [5, 5.41) is 29.0. The van der Waals surface area contributed by atoms with Crippen LogP contribution in [0.4, 0.5) is 13.2 Å². The molecule has 0 bridgehead atoms. The molecule has 0 unspecified atom stereocenters. The highest BCUT2D eigenvalue weighted by atomic mass is 19.2. The molecule has 30 heavy (non-hydrogen) atoms. The van der Waals surface area contributed by atoms with E-state index in [4.69, 9.17) is 9.47 Å². The molecule has 11 heteroatoms. The summed E-state index contributed by atoms with van der Waals surface area (Å²) >= 11 is 0. The molecule has 3 rings (SSSR count). The molecule has 0 amide bonds. The minimum absolute atomic E-state index is 0.00417. The Kier molecular flexibility index (Phi) is 6.54. The van der Waals surface area contributed by atoms with Gasteiger partial charge in [0.1, 0.15) is 36.7 Å².